The first-order valence-electron chi connectivity index (χ1n) is 4.62. The van der Waals surface area contributed by atoms with Crippen LogP contribution in [0.1, 0.15) is 17.4 Å². The van der Waals surface area contributed by atoms with Gasteiger partial charge in [0.15, 0.2) is 0 Å². The van der Waals surface area contributed by atoms with Crippen LogP contribution in [0.15, 0.2) is 24.3 Å². The first kappa shape index (κ1) is 10.6. The van der Waals surface area contributed by atoms with Crippen molar-refractivity contribution in [3.05, 3.63) is 35.8 Å². The van der Waals surface area contributed by atoms with Crippen molar-refractivity contribution in [2.75, 3.05) is 0 Å². The van der Waals surface area contributed by atoms with Crippen LogP contribution in [-0.2, 0) is 6.54 Å². The predicted molar refractivity (Wildman–Crippen MR) is 65.9 cm³/mol. The molecule has 15 heavy (non-hydrogen) atoms. The quantitative estimate of drug-likeness (QED) is 0.615. The third kappa shape index (κ3) is 1.67. The minimum absolute atomic E-state index is 0.0648. The summed E-state index contributed by atoms with van der Waals surface area (Å²) in [6.45, 7) is 2.60. The molecule has 0 aliphatic rings. The molecule has 0 unspecified atom stereocenters. The van der Waals surface area contributed by atoms with Crippen molar-refractivity contribution in [1.82, 2.24) is 4.57 Å². The molecular weight excluding hydrogens is 308 g/mol. The topological polar surface area (TPSA) is 22.0 Å². The molecule has 0 aliphatic heterocycles. The number of fused-ring (bicyclic) bond motifs is 1. The van der Waals surface area contributed by atoms with E-state index in [-0.39, 0.29) is 9.61 Å². The number of aromatic nitrogens is 1. The molecule has 2 nitrogen and oxygen atoms in total. The second-order valence-electron chi connectivity index (χ2n) is 3.22. The van der Waals surface area contributed by atoms with Crippen LogP contribution in [0.3, 0.4) is 0 Å². The molecule has 2 aromatic rings. The SMILES string of the molecule is CCn1c(C(=O)I)cc2c(F)cccc21. The summed E-state index contributed by atoms with van der Waals surface area (Å²) in [5, 5.41) is 0.513. The largest absolute Gasteiger partial charge is 0.338 e. The molecule has 0 fully saturated rings. The molecule has 78 valence electrons. The summed E-state index contributed by atoms with van der Waals surface area (Å²) < 4.78 is 15.2. The summed E-state index contributed by atoms with van der Waals surface area (Å²) in [7, 11) is 0. The minimum atomic E-state index is -0.279. The number of halogens is 2. The molecular formula is C11H9FINO. The predicted octanol–water partition coefficient (Wildman–Crippen LogP) is 3.38. The fourth-order valence-corrected chi connectivity index (χ4v) is 2.20. The van der Waals surface area contributed by atoms with E-state index in [4.69, 9.17) is 0 Å². The van der Waals surface area contributed by atoms with Crippen molar-refractivity contribution in [2.45, 2.75) is 13.5 Å². The summed E-state index contributed by atoms with van der Waals surface area (Å²) >= 11 is 1.72. The summed E-state index contributed by atoms with van der Waals surface area (Å²) in [5.74, 6) is -0.279. The Morgan fingerprint density at radius 2 is 2.27 bits per heavy atom. The van der Waals surface area contributed by atoms with E-state index in [9.17, 15) is 9.18 Å². The van der Waals surface area contributed by atoms with E-state index >= 15 is 0 Å². The van der Waals surface area contributed by atoms with Gasteiger partial charge < -0.3 is 4.57 Å². The van der Waals surface area contributed by atoms with Gasteiger partial charge in [0.2, 0.25) is 3.79 Å². The van der Waals surface area contributed by atoms with Crippen LogP contribution in [-0.4, -0.2) is 8.36 Å². The molecule has 0 saturated carbocycles. The van der Waals surface area contributed by atoms with Crippen molar-refractivity contribution in [1.29, 1.82) is 0 Å². The van der Waals surface area contributed by atoms with Crippen LogP contribution in [0.25, 0.3) is 10.9 Å². The lowest BCUT2D eigenvalue weighted by molar-refractivity contribution is 0.109. The Kier molecular flexibility index (Phi) is 2.77. The van der Waals surface area contributed by atoms with Gasteiger partial charge in [-0.3, -0.25) is 4.79 Å². The van der Waals surface area contributed by atoms with Crippen molar-refractivity contribution < 1.29 is 9.18 Å². The lowest BCUT2D eigenvalue weighted by atomic mass is 10.2. The molecule has 0 saturated heterocycles. The number of hydrogen-bond acceptors (Lipinski definition) is 1. The fourth-order valence-electron chi connectivity index (χ4n) is 1.75. The number of carbonyl (C=O) groups excluding carboxylic acids is 1. The molecule has 0 atom stereocenters. The van der Waals surface area contributed by atoms with Gasteiger partial charge in [0, 0.05) is 34.5 Å². The maximum absolute atomic E-state index is 13.5. The Bertz CT molecular complexity index is 533. The van der Waals surface area contributed by atoms with Gasteiger partial charge in [0.1, 0.15) is 5.82 Å². The van der Waals surface area contributed by atoms with Crippen molar-refractivity contribution >= 4 is 37.3 Å². The number of hydrogen-bond donors (Lipinski definition) is 0. The lowest BCUT2D eigenvalue weighted by Gasteiger charge is -2.03. The second kappa shape index (κ2) is 3.92. The first-order valence-corrected chi connectivity index (χ1v) is 5.70. The van der Waals surface area contributed by atoms with E-state index in [0.717, 1.165) is 5.52 Å². The number of benzene rings is 1. The maximum Gasteiger partial charge on any atom is 0.238 e. The van der Waals surface area contributed by atoms with Gasteiger partial charge in [-0.1, -0.05) is 6.07 Å². The van der Waals surface area contributed by atoms with Gasteiger partial charge in [-0.15, -0.1) is 0 Å². The van der Waals surface area contributed by atoms with Crippen LogP contribution in [0.4, 0.5) is 4.39 Å². The van der Waals surface area contributed by atoms with Crippen LogP contribution in [0.5, 0.6) is 0 Å². The van der Waals surface area contributed by atoms with Crippen molar-refractivity contribution in [3.8, 4) is 0 Å². The van der Waals surface area contributed by atoms with Gasteiger partial charge in [-0.05, 0) is 25.1 Å². The Balaban J connectivity index is 2.84. The number of carbonyl (C=O) groups is 1. The summed E-state index contributed by atoms with van der Waals surface area (Å²) in [6.07, 6.45) is 0. The van der Waals surface area contributed by atoms with E-state index < -0.39 is 0 Å². The van der Waals surface area contributed by atoms with Crippen molar-refractivity contribution in [2.24, 2.45) is 0 Å². The van der Waals surface area contributed by atoms with Crippen LogP contribution in [0, 0.1) is 5.82 Å². The molecule has 2 rings (SSSR count). The zero-order valence-electron chi connectivity index (χ0n) is 8.13. The highest BCUT2D eigenvalue weighted by atomic mass is 127. The molecule has 0 spiro atoms. The molecule has 0 radical (unpaired) electrons. The van der Waals surface area contributed by atoms with E-state index in [0.29, 0.717) is 17.6 Å². The summed E-state index contributed by atoms with van der Waals surface area (Å²) in [4.78, 5) is 11.3. The second-order valence-corrected chi connectivity index (χ2v) is 4.20. The van der Waals surface area contributed by atoms with Crippen LogP contribution >= 0.6 is 22.6 Å². The average molecular weight is 317 g/mol. The lowest BCUT2D eigenvalue weighted by Crippen LogP contribution is -2.02. The highest BCUT2D eigenvalue weighted by Gasteiger charge is 2.13. The van der Waals surface area contributed by atoms with Gasteiger partial charge in [0.25, 0.3) is 0 Å². The van der Waals surface area contributed by atoms with Gasteiger partial charge in [0.05, 0.1) is 11.2 Å². The number of aryl methyl sites for hydroxylation is 1. The Morgan fingerprint density at radius 1 is 1.53 bits per heavy atom. The molecule has 1 aromatic heterocycles. The number of rotatable bonds is 2. The normalized spacial score (nSPS) is 10.9. The highest BCUT2D eigenvalue weighted by molar-refractivity contribution is 14.1. The standard InChI is InChI=1S/C11H9FINO/c1-2-14-9-5-3-4-8(12)7(9)6-10(14)11(13)15/h3-6H,2H2,1H3. The molecule has 0 bridgehead atoms. The Morgan fingerprint density at radius 3 is 2.87 bits per heavy atom. The smallest absolute Gasteiger partial charge is 0.238 e. The van der Waals surface area contributed by atoms with E-state index in [1.165, 1.54) is 6.07 Å². The first-order chi connectivity index (χ1) is 7.15. The molecule has 0 aliphatic carbocycles. The Hall–Kier alpha value is -0.910. The van der Waals surface area contributed by atoms with Crippen LogP contribution in [0.2, 0.25) is 0 Å². The van der Waals surface area contributed by atoms with E-state index in [1.54, 1.807) is 34.7 Å². The van der Waals surface area contributed by atoms with E-state index in [1.807, 2.05) is 17.6 Å². The fraction of sp³-hybridized carbons (Fsp3) is 0.182. The molecule has 1 heterocycles. The van der Waals surface area contributed by atoms with Gasteiger partial charge in [-0.25, -0.2) is 4.39 Å². The monoisotopic (exact) mass is 317 g/mol. The maximum atomic E-state index is 13.5. The number of nitrogens with zero attached hydrogens (tertiary/aromatic N) is 1. The van der Waals surface area contributed by atoms with Crippen LogP contribution < -0.4 is 0 Å². The van der Waals surface area contributed by atoms with Gasteiger partial charge >= 0.3 is 0 Å². The molecule has 1 aromatic carbocycles. The minimum Gasteiger partial charge on any atom is -0.338 e. The third-order valence-corrected chi connectivity index (χ3v) is 2.96. The summed E-state index contributed by atoms with van der Waals surface area (Å²) in [6, 6.07) is 6.50. The Labute approximate surface area is 100 Å². The zero-order valence-corrected chi connectivity index (χ0v) is 10.3. The van der Waals surface area contributed by atoms with Crippen molar-refractivity contribution in [3.63, 3.8) is 0 Å². The third-order valence-electron chi connectivity index (χ3n) is 2.41. The molecule has 0 amide bonds. The molecule has 0 N–H and O–H groups in total. The van der Waals surface area contributed by atoms with E-state index in [2.05, 4.69) is 0 Å². The zero-order chi connectivity index (χ0) is 11.0. The average Bonchev–Trinajstić information content (AvgIpc) is 2.57. The van der Waals surface area contributed by atoms with Gasteiger partial charge in [-0.2, -0.15) is 0 Å². The summed E-state index contributed by atoms with van der Waals surface area (Å²) in [5.41, 5.74) is 1.33. The highest BCUT2D eigenvalue weighted by Crippen LogP contribution is 2.24. The molecule has 4 heteroatoms.